The molecule has 4 aromatic carbocycles. The van der Waals surface area contributed by atoms with Crippen molar-refractivity contribution in [2.24, 2.45) is 5.41 Å². The summed E-state index contributed by atoms with van der Waals surface area (Å²) >= 11 is 0. The van der Waals surface area contributed by atoms with Crippen molar-refractivity contribution >= 4 is 57.3 Å². The molecule has 4 heterocycles. The standard InChI is InChI=1S/C28H31N5O4.C25H26N6O3/c1-28(2,3)27(35)37-16-33-25-21(24(31-33)19-9-7-8-10-23(19)36-6)14-18(15-30-25)17-11-12-22(29)20(13-17)26(34)32(4)5;1-30(2)24(32)18-12-15(10-11-20(18)27-25(33)31(3)4)16-13-19-22(28-29-23(19)26-14-16)17-8-6-7-9-21(17)34-5/h7-15H,16,29H2,1-6H3;6-14H,1-5H3,(H,27,33)(H,26,28,29). The third-order valence-corrected chi connectivity index (χ3v) is 11.3. The summed E-state index contributed by atoms with van der Waals surface area (Å²) in [5, 5.41) is 16.5. The van der Waals surface area contributed by atoms with Crippen LogP contribution in [0.25, 0.3) is 66.8 Å². The monoisotopic (exact) mass is 959 g/mol. The lowest BCUT2D eigenvalue weighted by atomic mass is 9.98. The molecule has 366 valence electrons. The number of amides is 4. The van der Waals surface area contributed by atoms with E-state index in [4.69, 9.17) is 25.0 Å². The van der Waals surface area contributed by atoms with Crippen molar-refractivity contribution in [1.82, 2.24) is 44.6 Å². The number of methoxy groups -OCH3 is 2. The Balaban J connectivity index is 0.000000209. The third-order valence-electron chi connectivity index (χ3n) is 11.3. The number of para-hydroxylation sites is 2. The fourth-order valence-electron chi connectivity index (χ4n) is 7.44. The molecule has 8 rings (SSSR count). The Hall–Kier alpha value is -8.80. The molecule has 0 saturated heterocycles. The Morgan fingerprint density at radius 1 is 0.676 bits per heavy atom. The number of ether oxygens (including phenoxy) is 3. The summed E-state index contributed by atoms with van der Waals surface area (Å²) in [4.78, 5) is 63.7. The number of nitrogens with two attached hydrogens (primary N) is 1. The predicted molar refractivity (Wildman–Crippen MR) is 275 cm³/mol. The molecule has 18 heteroatoms. The van der Waals surface area contributed by atoms with Gasteiger partial charge in [0.05, 0.1) is 42.1 Å². The number of benzene rings is 4. The fraction of sp³-hybridized carbons (Fsp3) is 0.245. The SMILES string of the molecule is COc1ccccc1-c1[nH]nc2ncc(-c3ccc(NC(=O)N(C)C)c(C(=O)N(C)C)c3)cc12.COc1ccccc1-c1nn(COC(=O)C(C)(C)C)c2ncc(-c3ccc(N)c(C(=O)N(C)C)c3)cc12. The lowest BCUT2D eigenvalue weighted by Crippen LogP contribution is -2.29. The summed E-state index contributed by atoms with van der Waals surface area (Å²) in [7, 11) is 13.2. The number of aromatic amines is 1. The van der Waals surface area contributed by atoms with Gasteiger partial charge in [-0.15, -0.1) is 0 Å². The molecule has 0 atom stereocenters. The molecule has 0 bridgehead atoms. The van der Waals surface area contributed by atoms with Crippen molar-refractivity contribution in [2.75, 3.05) is 67.6 Å². The van der Waals surface area contributed by atoms with Crippen LogP contribution in [0.4, 0.5) is 16.2 Å². The largest absolute Gasteiger partial charge is 0.496 e. The van der Waals surface area contributed by atoms with Crippen LogP contribution in [0.3, 0.4) is 0 Å². The average molecular weight is 960 g/mol. The van der Waals surface area contributed by atoms with Gasteiger partial charge in [0.25, 0.3) is 11.8 Å². The minimum atomic E-state index is -0.647. The van der Waals surface area contributed by atoms with Crippen LogP contribution in [0, 0.1) is 5.41 Å². The van der Waals surface area contributed by atoms with Crippen LogP contribution in [0.5, 0.6) is 11.5 Å². The van der Waals surface area contributed by atoms with E-state index in [-0.39, 0.29) is 30.5 Å². The molecule has 0 saturated carbocycles. The number of nitrogens with one attached hydrogen (secondary N) is 2. The molecular weight excluding hydrogens is 903 g/mol. The summed E-state index contributed by atoms with van der Waals surface area (Å²) in [5.41, 5.74) is 14.4. The lowest BCUT2D eigenvalue weighted by Gasteiger charge is -2.18. The normalized spacial score (nSPS) is 11.1. The van der Waals surface area contributed by atoms with E-state index < -0.39 is 5.41 Å². The topological polar surface area (TPSA) is 216 Å². The highest BCUT2D eigenvalue weighted by atomic mass is 16.5. The quantitative estimate of drug-likeness (QED) is 0.0820. The second kappa shape index (κ2) is 20.8. The molecule has 0 aliphatic carbocycles. The van der Waals surface area contributed by atoms with Crippen LogP contribution >= 0.6 is 0 Å². The number of hydrogen-bond donors (Lipinski definition) is 3. The highest BCUT2D eigenvalue weighted by molar-refractivity contribution is 6.05. The van der Waals surface area contributed by atoms with Crippen molar-refractivity contribution in [1.29, 1.82) is 0 Å². The van der Waals surface area contributed by atoms with E-state index in [9.17, 15) is 19.2 Å². The molecule has 4 aromatic heterocycles. The molecule has 71 heavy (non-hydrogen) atoms. The zero-order valence-electron chi connectivity index (χ0n) is 41.6. The smallest absolute Gasteiger partial charge is 0.321 e. The van der Waals surface area contributed by atoms with E-state index in [1.807, 2.05) is 72.8 Å². The number of urea groups is 1. The number of carbonyl (C=O) groups excluding carboxylic acids is 4. The van der Waals surface area contributed by atoms with Crippen LogP contribution in [0.2, 0.25) is 0 Å². The maximum Gasteiger partial charge on any atom is 0.321 e. The number of hydrogen-bond acceptors (Lipinski definition) is 12. The van der Waals surface area contributed by atoms with Crippen molar-refractivity contribution in [2.45, 2.75) is 27.5 Å². The number of anilines is 2. The number of esters is 1. The second-order valence-electron chi connectivity index (χ2n) is 18.1. The van der Waals surface area contributed by atoms with Gasteiger partial charge in [-0.1, -0.05) is 36.4 Å². The molecule has 8 aromatic rings. The molecule has 4 N–H and O–H groups in total. The van der Waals surface area contributed by atoms with Crippen LogP contribution in [0.1, 0.15) is 41.5 Å². The number of H-pyrrole nitrogens is 1. The second-order valence-corrected chi connectivity index (χ2v) is 18.1. The van der Waals surface area contributed by atoms with Crippen molar-refractivity contribution in [3.63, 3.8) is 0 Å². The van der Waals surface area contributed by atoms with Gasteiger partial charge in [-0.3, -0.25) is 19.5 Å². The molecule has 0 unspecified atom stereocenters. The van der Waals surface area contributed by atoms with E-state index in [0.29, 0.717) is 45.2 Å². The molecule has 0 aliphatic rings. The molecule has 0 spiro atoms. The van der Waals surface area contributed by atoms with Gasteiger partial charge in [-0.2, -0.15) is 10.2 Å². The molecule has 0 radical (unpaired) electrons. The van der Waals surface area contributed by atoms with Crippen LogP contribution in [-0.4, -0.2) is 125 Å². The summed E-state index contributed by atoms with van der Waals surface area (Å²) < 4.78 is 18.2. The molecule has 18 nitrogen and oxygen atoms in total. The van der Waals surface area contributed by atoms with E-state index in [1.54, 1.807) is 119 Å². The van der Waals surface area contributed by atoms with Crippen LogP contribution in [0.15, 0.2) is 109 Å². The van der Waals surface area contributed by atoms with Gasteiger partial charge < -0.3 is 40.0 Å². The van der Waals surface area contributed by atoms with Gasteiger partial charge in [0, 0.05) is 93.4 Å². The van der Waals surface area contributed by atoms with E-state index >= 15 is 0 Å². The zero-order chi connectivity index (χ0) is 51.3. The summed E-state index contributed by atoms with van der Waals surface area (Å²) in [6.45, 7) is 5.30. The van der Waals surface area contributed by atoms with Crippen molar-refractivity contribution in [3.05, 3.63) is 121 Å². The summed E-state index contributed by atoms with van der Waals surface area (Å²) in [6, 6.07) is 29.5. The molecule has 0 fully saturated rings. The average Bonchev–Trinajstić information content (AvgIpc) is 3.96. The fourth-order valence-corrected chi connectivity index (χ4v) is 7.44. The number of fused-ring (bicyclic) bond motifs is 2. The summed E-state index contributed by atoms with van der Waals surface area (Å²) in [6.07, 6.45) is 3.42. The lowest BCUT2D eigenvalue weighted by molar-refractivity contribution is -0.157. The first-order valence-electron chi connectivity index (χ1n) is 22.4. The molecule has 4 amide bonds. The zero-order valence-corrected chi connectivity index (χ0v) is 41.6. The first-order valence-corrected chi connectivity index (χ1v) is 22.4. The Labute approximate surface area is 411 Å². The van der Waals surface area contributed by atoms with Crippen molar-refractivity contribution < 1.29 is 33.4 Å². The highest BCUT2D eigenvalue weighted by Crippen LogP contribution is 2.38. The van der Waals surface area contributed by atoms with E-state index in [0.717, 1.165) is 55.6 Å². The third kappa shape index (κ3) is 10.8. The van der Waals surface area contributed by atoms with Crippen molar-refractivity contribution in [3.8, 4) is 56.3 Å². The first kappa shape index (κ1) is 50.1. The Morgan fingerprint density at radius 3 is 1.86 bits per heavy atom. The highest BCUT2D eigenvalue weighted by Gasteiger charge is 2.25. The van der Waals surface area contributed by atoms with Gasteiger partial charge in [0.1, 0.15) is 17.2 Å². The number of carbonyl (C=O) groups is 4. The Morgan fingerprint density at radius 2 is 1.24 bits per heavy atom. The number of nitrogen functional groups attached to an aromatic ring is 1. The predicted octanol–water partition coefficient (Wildman–Crippen LogP) is 8.70. The number of nitrogens with zero attached hydrogens (tertiary/aromatic N) is 8. The minimum Gasteiger partial charge on any atom is -0.496 e. The first-order chi connectivity index (χ1) is 33.8. The van der Waals surface area contributed by atoms with Crippen LogP contribution < -0.4 is 20.5 Å². The van der Waals surface area contributed by atoms with Gasteiger partial charge in [-0.25, -0.2) is 19.4 Å². The maximum atomic E-state index is 12.9. The number of rotatable bonds is 11. The summed E-state index contributed by atoms with van der Waals surface area (Å²) in [5.74, 6) is 0.627. The van der Waals surface area contributed by atoms with Gasteiger partial charge in [-0.05, 0) is 92.6 Å². The van der Waals surface area contributed by atoms with Gasteiger partial charge in [0.15, 0.2) is 18.0 Å². The van der Waals surface area contributed by atoms with Gasteiger partial charge >= 0.3 is 12.0 Å². The molecular formula is C53H57N11O7. The molecule has 0 aliphatic heterocycles. The maximum absolute atomic E-state index is 12.9. The Bertz CT molecular complexity index is 3300. The van der Waals surface area contributed by atoms with E-state index in [1.165, 1.54) is 14.7 Å². The minimum absolute atomic E-state index is 0.0859. The number of pyridine rings is 2. The number of aromatic nitrogens is 6. The van der Waals surface area contributed by atoms with E-state index in [2.05, 4.69) is 25.5 Å². The van der Waals surface area contributed by atoms with Crippen LogP contribution in [-0.2, 0) is 16.3 Å². The Kier molecular flexibility index (Phi) is 14.7. The van der Waals surface area contributed by atoms with Gasteiger partial charge in [0.2, 0.25) is 0 Å².